The second-order valence-corrected chi connectivity index (χ2v) is 16.7. The van der Waals surface area contributed by atoms with Crippen molar-refractivity contribution in [2.75, 3.05) is 28.2 Å². The van der Waals surface area contributed by atoms with Crippen LogP contribution in [-0.4, -0.2) is 54.0 Å². The Balaban J connectivity index is 5.45. The minimum Gasteiger partial charge on any atom is -0.402 e. The Morgan fingerprint density at radius 2 is 1.32 bits per heavy atom. The Kier molecular flexibility index (Phi) is 6.08. The standard InChI is InChI=1S/C14H35N3Si2/c1-14(2,3)13(12-18(8,9)16(4)5)15-19(10,11)17(6)7/h12,15H,1-11H3/b13-12-. The van der Waals surface area contributed by atoms with Gasteiger partial charge in [0, 0.05) is 11.1 Å². The lowest BCUT2D eigenvalue weighted by Gasteiger charge is -2.39. The normalized spacial score (nSPS) is 15.3. The third-order valence-corrected chi connectivity index (χ3v) is 10.4. The van der Waals surface area contributed by atoms with Crippen LogP contribution in [0, 0.1) is 5.41 Å². The van der Waals surface area contributed by atoms with Crippen LogP contribution in [0.25, 0.3) is 0 Å². The lowest BCUT2D eigenvalue weighted by atomic mass is 9.94. The molecule has 0 bridgehead atoms. The lowest BCUT2D eigenvalue weighted by molar-refractivity contribution is 0.473. The first-order valence-corrected chi connectivity index (χ1v) is 13.0. The van der Waals surface area contributed by atoms with Crippen LogP contribution < -0.4 is 4.98 Å². The summed E-state index contributed by atoms with van der Waals surface area (Å²) >= 11 is 0. The van der Waals surface area contributed by atoms with Crippen LogP contribution in [0.3, 0.4) is 0 Å². The molecule has 0 aromatic heterocycles. The van der Waals surface area contributed by atoms with E-state index in [0.717, 1.165) is 0 Å². The van der Waals surface area contributed by atoms with Gasteiger partial charge in [-0.2, -0.15) is 0 Å². The summed E-state index contributed by atoms with van der Waals surface area (Å²) in [6.07, 6.45) is 0. The first kappa shape index (κ1) is 18.9. The molecule has 0 saturated heterocycles. The van der Waals surface area contributed by atoms with Crippen LogP contribution in [0.2, 0.25) is 26.2 Å². The SMILES string of the molecule is CN(C)[Si](C)(C)/C=C(\N[Si](C)(C)N(C)C)C(C)(C)C. The molecule has 0 radical (unpaired) electrons. The van der Waals surface area contributed by atoms with Gasteiger partial charge in [-0.3, -0.25) is 0 Å². The molecule has 0 amide bonds. The maximum Gasteiger partial charge on any atom is 0.225 e. The summed E-state index contributed by atoms with van der Waals surface area (Å²) in [6, 6.07) is 0. The third kappa shape index (κ3) is 5.81. The van der Waals surface area contributed by atoms with Gasteiger partial charge in [-0.1, -0.05) is 39.6 Å². The van der Waals surface area contributed by atoms with Crippen molar-refractivity contribution in [3.8, 4) is 0 Å². The summed E-state index contributed by atoms with van der Waals surface area (Å²) in [5, 5.41) is 0. The molecule has 1 N–H and O–H groups in total. The fourth-order valence-electron chi connectivity index (χ4n) is 1.36. The van der Waals surface area contributed by atoms with Gasteiger partial charge in [-0.05, 0) is 41.3 Å². The molecule has 0 spiro atoms. The Bertz CT molecular complexity index is 326. The molecular formula is C14H35N3Si2. The van der Waals surface area contributed by atoms with E-state index in [4.69, 9.17) is 0 Å². The average molecular weight is 302 g/mol. The van der Waals surface area contributed by atoms with Crippen molar-refractivity contribution >= 4 is 16.6 Å². The minimum atomic E-state index is -1.57. The fraction of sp³-hybridized carbons (Fsp3) is 0.857. The van der Waals surface area contributed by atoms with E-state index < -0.39 is 16.6 Å². The molecule has 0 fully saturated rings. The monoisotopic (exact) mass is 301 g/mol. The second kappa shape index (κ2) is 6.12. The first-order chi connectivity index (χ1) is 8.20. The van der Waals surface area contributed by atoms with E-state index in [1.54, 1.807) is 0 Å². The molecule has 0 aliphatic carbocycles. The van der Waals surface area contributed by atoms with Gasteiger partial charge in [-0.25, -0.2) is 0 Å². The predicted molar refractivity (Wildman–Crippen MR) is 93.0 cm³/mol. The van der Waals surface area contributed by atoms with Gasteiger partial charge in [0.05, 0.1) is 0 Å². The summed E-state index contributed by atoms with van der Waals surface area (Å²) in [5.74, 6) is 0. The van der Waals surface area contributed by atoms with E-state index in [-0.39, 0.29) is 5.41 Å². The van der Waals surface area contributed by atoms with E-state index >= 15 is 0 Å². The van der Waals surface area contributed by atoms with Gasteiger partial charge in [0.2, 0.25) is 8.40 Å². The van der Waals surface area contributed by atoms with Gasteiger partial charge in [0.15, 0.2) is 0 Å². The van der Waals surface area contributed by atoms with Crippen LogP contribution in [-0.2, 0) is 0 Å². The molecule has 0 heterocycles. The molecule has 19 heavy (non-hydrogen) atoms. The molecule has 5 heteroatoms. The van der Waals surface area contributed by atoms with Crippen LogP contribution >= 0.6 is 0 Å². The number of allylic oxidation sites excluding steroid dienone is 1. The molecule has 0 aromatic carbocycles. The summed E-state index contributed by atoms with van der Waals surface area (Å²) in [4.78, 5) is 3.88. The first-order valence-electron chi connectivity index (χ1n) is 7.06. The summed E-state index contributed by atoms with van der Waals surface area (Å²) in [5.41, 5.74) is 4.09. The molecule has 114 valence electrons. The zero-order valence-electron chi connectivity index (χ0n) is 15.0. The van der Waals surface area contributed by atoms with Crippen molar-refractivity contribution in [3.63, 3.8) is 0 Å². The Morgan fingerprint density at radius 3 is 1.58 bits per heavy atom. The van der Waals surface area contributed by atoms with Crippen LogP contribution in [0.5, 0.6) is 0 Å². The fourth-order valence-corrected chi connectivity index (χ4v) is 4.31. The predicted octanol–water partition coefficient (Wildman–Crippen LogP) is 3.08. The Morgan fingerprint density at radius 1 is 0.895 bits per heavy atom. The van der Waals surface area contributed by atoms with E-state index in [9.17, 15) is 0 Å². The average Bonchev–Trinajstić information content (AvgIpc) is 2.13. The molecule has 0 aromatic rings. The molecular weight excluding hydrogens is 266 g/mol. The van der Waals surface area contributed by atoms with E-state index in [1.807, 2.05) is 0 Å². The van der Waals surface area contributed by atoms with Crippen molar-refractivity contribution in [2.24, 2.45) is 5.41 Å². The number of rotatable bonds is 5. The smallest absolute Gasteiger partial charge is 0.225 e. The highest BCUT2D eigenvalue weighted by Gasteiger charge is 2.32. The van der Waals surface area contributed by atoms with Crippen LogP contribution in [0.4, 0.5) is 0 Å². The molecule has 0 atom stereocenters. The highest BCUT2D eigenvalue weighted by Crippen LogP contribution is 2.27. The molecule has 0 rings (SSSR count). The molecule has 0 aliphatic rings. The Labute approximate surface area is 123 Å². The number of hydrogen-bond donors (Lipinski definition) is 1. The highest BCUT2D eigenvalue weighted by molar-refractivity contribution is 6.80. The minimum absolute atomic E-state index is 0.167. The largest absolute Gasteiger partial charge is 0.402 e. The number of hydrogen-bond acceptors (Lipinski definition) is 3. The number of nitrogens with zero attached hydrogens (tertiary/aromatic N) is 2. The summed E-state index contributed by atoms with van der Waals surface area (Å²) in [7, 11) is 5.69. The van der Waals surface area contributed by atoms with Crippen LogP contribution in [0.15, 0.2) is 11.4 Å². The van der Waals surface area contributed by atoms with Gasteiger partial charge in [0.25, 0.3) is 0 Å². The van der Waals surface area contributed by atoms with E-state index in [2.05, 4.69) is 95.0 Å². The zero-order valence-corrected chi connectivity index (χ0v) is 17.0. The van der Waals surface area contributed by atoms with Crippen molar-refractivity contribution < 1.29 is 0 Å². The zero-order chi connectivity index (χ0) is 15.6. The topological polar surface area (TPSA) is 18.5 Å². The van der Waals surface area contributed by atoms with Gasteiger partial charge in [-0.15, -0.1) is 0 Å². The van der Waals surface area contributed by atoms with Crippen molar-refractivity contribution in [3.05, 3.63) is 11.4 Å². The summed E-state index contributed by atoms with van der Waals surface area (Å²) < 4.78 is 4.75. The van der Waals surface area contributed by atoms with Gasteiger partial charge < -0.3 is 14.1 Å². The highest BCUT2D eigenvalue weighted by atomic mass is 28.3. The maximum absolute atomic E-state index is 3.88. The molecule has 0 saturated carbocycles. The van der Waals surface area contributed by atoms with Crippen molar-refractivity contribution in [2.45, 2.75) is 47.0 Å². The van der Waals surface area contributed by atoms with Crippen LogP contribution in [0.1, 0.15) is 20.8 Å². The molecule has 0 unspecified atom stereocenters. The maximum atomic E-state index is 3.88. The van der Waals surface area contributed by atoms with E-state index in [1.165, 1.54) is 5.70 Å². The number of nitrogens with one attached hydrogen (secondary N) is 1. The van der Waals surface area contributed by atoms with Gasteiger partial charge in [0.1, 0.15) is 8.24 Å². The second-order valence-electron chi connectivity index (χ2n) is 7.93. The molecule has 3 nitrogen and oxygen atoms in total. The molecule has 0 aliphatic heterocycles. The summed E-state index contributed by atoms with van der Waals surface area (Å²) in [6.45, 7) is 16.4. The van der Waals surface area contributed by atoms with Crippen molar-refractivity contribution in [1.82, 2.24) is 14.1 Å². The van der Waals surface area contributed by atoms with Gasteiger partial charge >= 0.3 is 0 Å². The lowest BCUT2D eigenvalue weighted by Crippen LogP contribution is -2.58. The third-order valence-electron chi connectivity index (χ3n) is 4.02. The van der Waals surface area contributed by atoms with E-state index in [0.29, 0.717) is 0 Å². The quantitative estimate of drug-likeness (QED) is 0.787. The van der Waals surface area contributed by atoms with Crippen molar-refractivity contribution in [1.29, 1.82) is 0 Å². The Hall–Kier alpha value is -0.106.